The van der Waals surface area contributed by atoms with E-state index in [4.69, 9.17) is 11.6 Å². The summed E-state index contributed by atoms with van der Waals surface area (Å²) >= 11 is 5.97. The van der Waals surface area contributed by atoms with E-state index in [9.17, 15) is 8.78 Å². The zero-order valence-electron chi connectivity index (χ0n) is 9.57. The fourth-order valence-electron chi connectivity index (χ4n) is 1.84. The van der Waals surface area contributed by atoms with Crippen LogP contribution in [0.2, 0.25) is 5.15 Å². The second-order valence-electron chi connectivity index (χ2n) is 3.99. The van der Waals surface area contributed by atoms with Crippen LogP contribution in [0.15, 0.2) is 42.5 Å². The highest BCUT2D eigenvalue weighted by Crippen LogP contribution is 2.27. The van der Waals surface area contributed by atoms with Crippen LogP contribution in [0, 0.1) is 11.6 Å². The molecule has 0 saturated heterocycles. The molecule has 3 rings (SSSR count). The van der Waals surface area contributed by atoms with Gasteiger partial charge in [-0.2, -0.15) is 0 Å². The highest BCUT2D eigenvalue weighted by molar-refractivity contribution is 6.34. The summed E-state index contributed by atoms with van der Waals surface area (Å²) < 4.78 is 26.9. The van der Waals surface area contributed by atoms with Gasteiger partial charge in [-0.3, -0.25) is 0 Å². The van der Waals surface area contributed by atoms with E-state index in [2.05, 4.69) is 9.97 Å². The quantitative estimate of drug-likeness (QED) is 0.622. The Kier molecular flexibility index (Phi) is 2.87. The Hall–Kier alpha value is -2.07. The van der Waals surface area contributed by atoms with Gasteiger partial charge in [0.15, 0.2) is 11.6 Å². The Balaban J connectivity index is 2.31. The first-order chi connectivity index (χ1) is 9.15. The molecule has 1 heterocycles. The number of hydrogen-bond donors (Lipinski definition) is 0. The summed E-state index contributed by atoms with van der Waals surface area (Å²) in [6, 6.07) is 11.0. The van der Waals surface area contributed by atoms with Crippen LogP contribution < -0.4 is 0 Å². The molecule has 19 heavy (non-hydrogen) atoms. The van der Waals surface area contributed by atoms with E-state index >= 15 is 0 Å². The third kappa shape index (κ3) is 2.15. The van der Waals surface area contributed by atoms with Gasteiger partial charge in [-0.15, -0.1) is 0 Å². The van der Waals surface area contributed by atoms with E-state index in [1.165, 1.54) is 0 Å². The van der Waals surface area contributed by atoms with Gasteiger partial charge < -0.3 is 0 Å². The van der Waals surface area contributed by atoms with Crippen LogP contribution in [-0.4, -0.2) is 9.97 Å². The number of nitrogens with zero attached hydrogens (tertiary/aromatic N) is 2. The molecule has 5 heteroatoms. The van der Waals surface area contributed by atoms with E-state index < -0.39 is 11.6 Å². The lowest BCUT2D eigenvalue weighted by Gasteiger charge is -2.05. The molecule has 0 radical (unpaired) electrons. The normalized spacial score (nSPS) is 10.9. The second-order valence-corrected chi connectivity index (χ2v) is 4.35. The molecule has 0 spiro atoms. The molecule has 2 nitrogen and oxygen atoms in total. The van der Waals surface area contributed by atoms with Crippen molar-refractivity contribution in [3.05, 3.63) is 59.3 Å². The minimum atomic E-state index is -0.753. The van der Waals surface area contributed by atoms with Crippen molar-refractivity contribution in [1.29, 1.82) is 0 Å². The highest BCUT2D eigenvalue weighted by atomic mass is 35.5. The van der Waals surface area contributed by atoms with Crippen molar-refractivity contribution in [2.75, 3.05) is 0 Å². The van der Waals surface area contributed by atoms with Gasteiger partial charge in [0.25, 0.3) is 0 Å². The summed E-state index contributed by atoms with van der Waals surface area (Å²) in [7, 11) is 0. The number of aromatic nitrogens is 2. The maximum absolute atomic E-state index is 13.7. The Morgan fingerprint density at radius 3 is 2.42 bits per heavy atom. The van der Waals surface area contributed by atoms with Gasteiger partial charge in [0.1, 0.15) is 16.5 Å². The molecule has 0 aliphatic heterocycles. The van der Waals surface area contributed by atoms with Crippen molar-refractivity contribution in [1.82, 2.24) is 9.97 Å². The zero-order chi connectivity index (χ0) is 13.4. The summed E-state index contributed by atoms with van der Waals surface area (Å²) in [6.45, 7) is 0. The summed E-state index contributed by atoms with van der Waals surface area (Å²) in [5, 5.41) is 0.195. The standard InChI is InChI=1S/C14H7ClF2N2/c15-13-10-6-9(16)7-11(17)12(10)18-14(19-13)8-4-2-1-3-5-8/h1-7H. The maximum atomic E-state index is 13.7. The molecule has 1 aromatic heterocycles. The van der Waals surface area contributed by atoms with Crippen LogP contribution in [0.25, 0.3) is 22.3 Å². The zero-order valence-corrected chi connectivity index (χ0v) is 10.3. The van der Waals surface area contributed by atoms with Crippen molar-refractivity contribution in [2.24, 2.45) is 0 Å². The van der Waals surface area contributed by atoms with Gasteiger partial charge in [-0.25, -0.2) is 18.7 Å². The van der Waals surface area contributed by atoms with Crippen molar-refractivity contribution in [3.8, 4) is 11.4 Å². The summed E-state index contributed by atoms with van der Waals surface area (Å²) in [5.74, 6) is -1.15. The molecule has 0 aliphatic rings. The second kappa shape index (κ2) is 4.55. The predicted molar refractivity (Wildman–Crippen MR) is 69.9 cm³/mol. The van der Waals surface area contributed by atoms with Crippen molar-refractivity contribution in [2.45, 2.75) is 0 Å². The van der Waals surface area contributed by atoms with Gasteiger partial charge in [0.2, 0.25) is 0 Å². The van der Waals surface area contributed by atoms with Gasteiger partial charge >= 0.3 is 0 Å². The Labute approximate surface area is 112 Å². The summed E-state index contributed by atoms with van der Waals surface area (Å²) in [4.78, 5) is 8.18. The molecular weight excluding hydrogens is 270 g/mol. The fourth-order valence-corrected chi connectivity index (χ4v) is 2.06. The average molecular weight is 277 g/mol. The topological polar surface area (TPSA) is 25.8 Å². The maximum Gasteiger partial charge on any atom is 0.161 e. The van der Waals surface area contributed by atoms with Gasteiger partial charge in [-0.1, -0.05) is 41.9 Å². The molecule has 3 aromatic rings. The lowest BCUT2D eigenvalue weighted by Crippen LogP contribution is -1.95. The first-order valence-corrected chi connectivity index (χ1v) is 5.90. The first-order valence-electron chi connectivity index (χ1n) is 5.53. The molecule has 0 aliphatic carbocycles. The van der Waals surface area contributed by atoms with Crippen LogP contribution >= 0.6 is 11.6 Å². The molecule has 2 aromatic carbocycles. The summed E-state index contributed by atoms with van der Waals surface area (Å²) in [6.07, 6.45) is 0. The minimum absolute atomic E-state index is 0.0141. The van der Waals surface area contributed by atoms with Crippen LogP contribution in [0.3, 0.4) is 0 Å². The molecule has 0 saturated carbocycles. The smallest absolute Gasteiger partial charge is 0.161 e. The molecule has 0 fully saturated rings. The predicted octanol–water partition coefficient (Wildman–Crippen LogP) is 4.23. The minimum Gasteiger partial charge on any atom is -0.225 e. The highest BCUT2D eigenvalue weighted by Gasteiger charge is 2.12. The third-order valence-corrected chi connectivity index (χ3v) is 2.99. The molecule has 0 bridgehead atoms. The Morgan fingerprint density at radius 1 is 0.947 bits per heavy atom. The first kappa shape index (κ1) is 12.0. The van der Waals surface area contributed by atoms with E-state index in [0.29, 0.717) is 5.82 Å². The van der Waals surface area contributed by atoms with Crippen molar-refractivity contribution < 1.29 is 8.78 Å². The largest absolute Gasteiger partial charge is 0.225 e. The van der Waals surface area contributed by atoms with Crippen LogP contribution in [0.4, 0.5) is 8.78 Å². The van der Waals surface area contributed by atoms with E-state index in [1.54, 1.807) is 12.1 Å². The van der Waals surface area contributed by atoms with Crippen molar-refractivity contribution >= 4 is 22.5 Å². The molecule has 0 N–H and O–H groups in total. The SMILES string of the molecule is Fc1cc(F)c2nc(-c3ccccc3)nc(Cl)c2c1. The lowest BCUT2D eigenvalue weighted by molar-refractivity contribution is 0.590. The van der Waals surface area contributed by atoms with Crippen LogP contribution in [0.5, 0.6) is 0 Å². The summed E-state index contributed by atoms with van der Waals surface area (Å²) in [5.41, 5.74) is 0.732. The van der Waals surface area contributed by atoms with Crippen molar-refractivity contribution in [3.63, 3.8) is 0 Å². The molecule has 0 atom stereocenters. The molecule has 0 unspecified atom stereocenters. The number of hydrogen-bond acceptors (Lipinski definition) is 2. The third-order valence-electron chi connectivity index (χ3n) is 2.70. The van der Waals surface area contributed by atoms with E-state index in [0.717, 1.165) is 17.7 Å². The van der Waals surface area contributed by atoms with E-state index in [-0.39, 0.29) is 16.1 Å². The number of halogens is 3. The van der Waals surface area contributed by atoms with Gasteiger partial charge in [-0.05, 0) is 6.07 Å². The Bertz CT molecular complexity index is 760. The van der Waals surface area contributed by atoms with Crippen LogP contribution in [-0.2, 0) is 0 Å². The van der Waals surface area contributed by atoms with E-state index in [1.807, 2.05) is 18.2 Å². The Morgan fingerprint density at radius 2 is 1.68 bits per heavy atom. The fraction of sp³-hybridized carbons (Fsp3) is 0. The monoisotopic (exact) mass is 276 g/mol. The number of fused-ring (bicyclic) bond motifs is 1. The van der Waals surface area contributed by atoms with Gasteiger partial charge in [0, 0.05) is 17.0 Å². The number of rotatable bonds is 1. The van der Waals surface area contributed by atoms with Gasteiger partial charge in [0.05, 0.1) is 0 Å². The molecule has 0 amide bonds. The molecule has 94 valence electrons. The molecular formula is C14H7ClF2N2. The van der Waals surface area contributed by atoms with Crippen LogP contribution in [0.1, 0.15) is 0 Å². The lowest BCUT2D eigenvalue weighted by atomic mass is 10.2. The number of benzene rings is 2. The average Bonchev–Trinajstić information content (AvgIpc) is 2.41.